The molecule has 3 aromatic rings. The molecule has 3 rings (SSSR count). The molecule has 1 amide bonds. The maximum atomic E-state index is 12.2. The summed E-state index contributed by atoms with van der Waals surface area (Å²) < 4.78 is 6.05. The minimum Gasteiger partial charge on any atom is -0.504 e. The number of non-ortho nitro benzene ring substituents is 1. The molecule has 0 aliphatic carbocycles. The number of hydrazone groups is 1. The Kier molecular flexibility index (Phi) is 5.32. The van der Waals surface area contributed by atoms with E-state index in [0.717, 1.165) is 4.70 Å². The highest BCUT2D eigenvalue weighted by atomic mass is 32.1. The largest absolute Gasteiger partial charge is 0.504 e. The number of phenolic OH excluding ortho intramolecular Hbond substituents is 1. The maximum absolute atomic E-state index is 12.2. The van der Waals surface area contributed by atoms with E-state index in [9.17, 15) is 20.0 Å². The third kappa shape index (κ3) is 4.04. The summed E-state index contributed by atoms with van der Waals surface area (Å²) in [6, 6.07) is 11.0. The summed E-state index contributed by atoms with van der Waals surface area (Å²) in [6.45, 7) is 2.22. The number of hydrogen-bond acceptors (Lipinski definition) is 7. The molecule has 2 aromatic carbocycles. The first-order chi connectivity index (χ1) is 13.0. The van der Waals surface area contributed by atoms with Gasteiger partial charge in [0.05, 0.1) is 22.6 Å². The molecule has 0 aliphatic rings. The zero-order valence-corrected chi connectivity index (χ0v) is 15.0. The van der Waals surface area contributed by atoms with Gasteiger partial charge in [-0.25, -0.2) is 5.43 Å². The molecule has 0 atom stereocenters. The van der Waals surface area contributed by atoms with Crippen molar-refractivity contribution in [3.8, 4) is 11.5 Å². The second-order valence-corrected chi connectivity index (χ2v) is 6.50. The molecule has 0 unspecified atom stereocenters. The van der Waals surface area contributed by atoms with Crippen LogP contribution in [0.4, 0.5) is 5.69 Å². The highest BCUT2D eigenvalue weighted by Crippen LogP contribution is 2.29. The summed E-state index contributed by atoms with van der Waals surface area (Å²) in [6.07, 6.45) is 1.31. The number of nitrogens with zero attached hydrogens (tertiary/aromatic N) is 2. The molecule has 27 heavy (non-hydrogen) atoms. The number of amides is 1. The number of para-hydroxylation sites is 1. The van der Waals surface area contributed by atoms with Crippen molar-refractivity contribution in [3.63, 3.8) is 0 Å². The Morgan fingerprint density at radius 1 is 1.37 bits per heavy atom. The standard InChI is InChI=1S/C18H15N3O5S/c1-2-26-14-5-3-4-11(17(14)22)10-19-20-18(23)16-9-12-8-13(21(24)25)6-7-15(12)27-16/h3-10,22H,2H2,1H3,(H,20,23)/b19-10-. The van der Waals surface area contributed by atoms with Crippen molar-refractivity contribution >= 4 is 39.2 Å². The number of ether oxygens (including phenoxy) is 1. The van der Waals surface area contributed by atoms with Crippen molar-refractivity contribution in [1.82, 2.24) is 5.43 Å². The van der Waals surface area contributed by atoms with E-state index in [1.54, 1.807) is 37.3 Å². The summed E-state index contributed by atoms with van der Waals surface area (Å²) in [5.41, 5.74) is 2.74. The van der Waals surface area contributed by atoms with Crippen LogP contribution in [0.3, 0.4) is 0 Å². The van der Waals surface area contributed by atoms with E-state index in [0.29, 0.717) is 28.2 Å². The molecule has 138 valence electrons. The van der Waals surface area contributed by atoms with Crippen molar-refractivity contribution in [3.05, 3.63) is 63.0 Å². The Bertz CT molecular complexity index is 1040. The molecule has 0 saturated carbocycles. The van der Waals surface area contributed by atoms with Crippen LogP contribution in [-0.2, 0) is 0 Å². The van der Waals surface area contributed by atoms with Crippen LogP contribution in [0.5, 0.6) is 11.5 Å². The first-order valence-corrected chi connectivity index (χ1v) is 8.77. The van der Waals surface area contributed by atoms with Gasteiger partial charge < -0.3 is 9.84 Å². The van der Waals surface area contributed by atoms with Gasteiger partial charge >= 0.3 is 0 Å². The Hall–Kier alpha value is -3.46. The van der Waals surface area contributed by atoms with Gasteiger partial charge in [0.1, 0.15) is 0 Å². The van der Waals surface area contributed by atoms with Crippen molar-refractivity contribution in [2.45, 2.75) is 6.92 Å². The van der Waals surface area contributed by atoms with Crippen LogP contribution in [0.2, 0.25) is 0 Å². The van der Waals surface area contributed by atoms with Gasteiger partial charge in [0, 0.05) is 27.8 Å². The summed E-state index contributed by atoms with van der Waals surface area (Å²) in [5, 5.41) is 25.4. The lowest BCUT2D eigenvalue weighted by Crippen LogP contribution is -2.16. The molecule has 0 saturated heterocycles. The number of nitro groups is 1. The maximum Gasteiger partial charge on any atom is 0.281 e. The first kappa shape index (κ1) is 18.3. The lowest BCUT2D eigenvalue weighted by molar-refractivity contribution is -0.384. The van der Waals surface area contributed by atoms with Crippen LogP contribution < -0.4 is 10.2 Å². The topological polar surface area (TPSA) is 114 Å². The van der Waals surface area contributed by atoms with Gasteiger partial charge in [-0.15, -0.1) is 11.3 Å². The van der Waals surface area contributed by atoms with Crippen molar-refractivity contribution in [1.29, 1.82) is 0 Å². The monoisotopic (exact) mass is 385 g/mol. The Morgan fingerprint density at radius 3 is 2.93 bits per heavy atom. The predicted molar refractivity (Wildman–Crippen MR) is 103 cm³/mol. The van der Waals surface area contributed by atoms with Gasteiger partial charge in [-0.1, -0.05) is 6.07 Å². The van der Waals surface area contributed by atoms with Crippen LogP contribution in [0.25, 0.3) is 10.1 Å². The SMILES string of the molecule is CCOc1cccc(/C=N\NC(=O)c2cc3cc([N+](=O)[O-])ccc3s2)c1O. The third-order valence-electron chi connectivity index (χ3n) is 3.63. The van der Waals surface area contributed by atoms with E-state index in [4.69, 9.17) is 4.74 Å². The van der Waals surface area contributed by atoms with Gasteiger partial charge in [0.15, 0.2) is 11.5 Å². The zero-order chi connectivity index (χ0) is 19.4. The van der Waals surface area contributed by atoms with Gasteiger partial charge in [-0.3, -0.25) is 14.9 Å². The lowest BCUT2D eigenvalue weighted by atomic mass is 10.2. The molecule has 0 radical (unpaired) electrons. The number of rotatable bonds is 6. The average molecular weight is 385 g/mol. The van der Waals surface area contributed by atoms with Crippen LogP contribution in [-0.4, -0.2) is 28.8 Å². The fourth-order valence-electron chi connectivity index (χ4n) is 2.39. The highest BCUT2D eigenvalue weighted by molar-refractivity contribution is 7.20. The summed E-state index contributed by atoms with van der Waals surface area (Å²) in [7, 11) is 0. The molecule has 9 heteroatoms. The van der Waals surface area contributed by atoms with Crippen LogP contribution in [0.1, 0.15) is 22.2 Å². The van der Waals surface area contributed by atoms with E-state index in [1.807, 2.05) is 0 Å². The fraction of sp³-hybridized carbons (Fsp3) is 0.111. The van der Waals surface area contributed by atoms with Gasteiger partial charge in [0.25, 0.3) is 11.6 Å². The quantitative estimate of drug-likeness (QED) is 0.382. The number of benzene rings is 2. The minimum absolute atomic E-state index is 0.0325. The third-order valence-corrected chi connectivity index (χ3v) is 4.75. The molecule has 1 aromatic heterocycles. The minimum atomic E-state index is -0.482. The summed E-state index contributed by atoms with van der Waals surface area (Å²) in [5.74, 6) is -0.180. The molecule has 0 spiro atoms. The fourth-order valence-corrected chi connectivity index (χ4v) is 3.32. The van der Waals surface area contributed by atoms with Crippen LogP contribution in [0, 0.1) is 10.1 Å². The molecular weight excluding hydrogens is 370 g/mol. The van der Waals surface area contributed by atoms with Gasteiger partial charge in [-0.2, -0.15) is 5.10 Å². The number of nitro benzene ring substituents is 1. The molecular formula is C18H15N3O5S. The number of carbonyl (C=O) groups is 1. The average Bonchev–Trinajstić information content (AvgIpc) is 3.08. The molecule has 2 N–H and O–H groups in total. The number of nitrogens with one attached hydrogen (secondary N) is 1. The normalized spacial score (nSPS) is 11.0. The Balaban J connectivity index is 1.74. The van der Waals surface area contributed by atoms with Crippen molar-refractivity contribution < 1.29 is 19.6 Å². The Morgan fingerprint density at radius 2 is 2.19 bits per heavy atom. The number of carbonyl (C=O) groups excluding carboxylic acids is 1. The second-order valence-electron chi connectivity index (χ2n) is 5.42. The molecule has 1 heterocycles. The van der Waals surface area contributed by atoms with Gasteiger partial charge in [-0.05, 0) is 31.2 Å². The van der Waals surface area contributed by atoms with Gasteiger partial charge in [0.2, 0.25) is 0 Å². The lowest BCUT2D eigenvalue weighted by Gasteiger charge is -2.07. The van der Waals surface area contributed by atoms with Crippen LogP contribution in [0.15, 0.2) is 47.6 Å². The number of hydrogen-bond donors (Lipinski definition) is 2. The van der Waals surface area contributed by atoms with E-state index in [-0.39, 0.29) is 11.4 Å². The molecule has 0 bridgehead atoms. The van der Waals surface area contributed by atoms with Crippen LogP contribution >= 0.6 is 11.3 Å². The van der Waals surface area contributed by atoms with E-state index < -0.39 is 10.8 Å². The Labute approximate surface area is 157 Å². The first-order valence-electron chi connectivity index (χ1n) is 7.95. The van der Waals surface area contributed by atoms with E-state index in [2.05, 4.69) is 10.5 Å². The van der Waals surface area contributed by atoms with E-state index >= 15 is 0 Å². The summed E-state index contributed by atoms with van der Waals surface area (Å²) in [4.78, 5) is 23.0. The second kappa shape index (κ2) is 7.83. The highest BCUT2D eigenvalue weighted by Gasteiger charge is 2.13. The number of thiophene rings is 1. The molecule has 0 aliphatic heterocycles. The number of fused-ring (bicyclic) bond motifs is 1. The number of aromatic hydroxyl groups is 1. The zero-order valence-electron chi connectivity index (χ0n) is 14.2. The molecule has 0 fully saturated rings. The van der Waals surface area contributed by atoms with Crippen molar-refractivity contribution in [2.75, 3.05) is 6.61 Å². The van der Waals surface area contributed by atoms with Crippen molar-refractivity contribution in [2.24, 2.45) is 5.10 Å². The van der Waals surface area contributed by atoms with E-state index in [1.165, 1.54) is 29.7 Å². The number of phenols is 1. The predicted octanol–water partition coefficient (Wildman–Crippen LogP) is 3.68. The molecule has 8 nitrogen and oxygen atoms in total. The smallest absolute Gasteiger partial charge is 0.281 e. The summed E-state index contributed by atoms with van der Waals surface area (Å²) >= 11 is 1.21.